The van der Waals surface area contributed by atoms with Gasteiger partial charge < -0.3 is 19.5 Å². The van der Waals surface area contributed by atoms with Crippen LogP contribution in [0.4, 0.5) is 4.39 Å². The first kappa shape index (κ1) is 19.6. The first-order chi connectivity index (χ1) is 13.4. The lowest BCUT2D eigenvalue weighted by Gasteiger charge is -2.34. The Kier molecular flexibility index (Phi) is 5.77. The Morgan fingerprint density at radius 3 is 2.29 bits per heavy atom. The lowest BCUT2D eigenvalue weighted by molar-refractivity contribution is -0.147. The topological polar surface area (TPSA) is 82.9 Å². The fraction of sp³-hybridized carbons (Fsp3) is 0.350. The van der Waals surface area contributed by atoms with Crippen LogP contribution in [0.1, 0.15) is 24.4 Å². The summed E-state index contributed by atoms with van der Waals surface area (Å²) in [7, 11) is 0. The van der Waals surface area contributed by atoms with Gasteiger partial charge in [0.05, 0.1) is 5.56 Å². The zero-order valence-electron chi connectivity index (χ0n) is 15.8. The molecule has 2 heterocycles. The minimum Gasteiger partial charge on any atom is -0.451 e. The van der Waals surface area contributed by atoms with Crippen LogP contribution >= 0.6 is 0 Å². The highest BCUT2D eigenvalue weighted by molar-refractivity contribution is 6.35. The first-order valence-electron chi connectivity index (χ1n) is 9.10. The molecule has 3 rings (SSSR count). The molecule has 0 aliphatic carbocycles. The third-order valence-corrected chi connectivity index (χ3v) is 4.42. The fourth-order valence-corrected chi connectivity index (χ4v) is 2.99. The highest BCUT2D eigenvalue weighted by Crippen LogP contribution is 2.25. The minimum atomic E-state index is -0.643. The second kappa shape index (κ2) is 8.24. The van der Waals surface area contributed by atoms with Gasteiger partial charge in [-0.3, -0.25) is 14.4 Å². The molecule has 1 N–H and O–H groups in total. The lowest BCUT2D eigenvalue weighted by atomic mass is 10.1. The summed E-state index contributed by atoms with van der Waals surface area (Å²) in [5, 5.41) is 2.57. The zero-order valence-corrected chi connectivity index (χ0v) is 15.8. The fourth-order valence-electron chi connectivity index (χ4n) is 2.99. The molecule has 0 atom stereocenters. The minimum absolute atomic E-state index is 0.107. The van der Waals surface area contributed by atoms with Gasteiger partial charge in [-0.25, -0.2) is 4.39 Å². The standard InChI is InChI=1S/C20H22FN3O4/c1-13(2)22-18(25)20(27)24-11-9-23(10-12-24)19(26)17-8-7-16(28-17)14-5-3-4-6-15(14)21/h3-8,13H,9-12H2,1-2H3,(H,22,25). The number of nitrogens with one attached hydrogen (secondary N) is 1. The molecule has 0 saturated carbocycles. The summed E-state index contributed by atoms with van der Waals surface area (Å²) in [6, 6.07) is 9.12. The molecular formula is C20H22FN3O4. The molecule has 0 radical (unpaired) electrons. The number of benzene rings is 1. The van der Waals surface area contributed by atoms with Crippen LogP contribution in [0.15, 0.2) is 40.8 Å². The van der Waals surface area contributed by atoms with Gasteiger partial charge in [0.2, 0.25) is 0 Å². The second-order valence-corrected chi connectivity index (χ2v) is 6.86. The molecule has 3 amide bonds. The summed E-state index contributed by atoms with van der Waals surface area (Å²) in [6.45, 7) is 4.65. The predicted molar refractivity (Wildman–Crippen MR) is 99.9 cm³/mol. The normalized spacial score (nSPS) is 14.3. The van der Waals surface area contributed by atoms with E-state index in [0.29, 0.717) is 0 Å². The van der Waals surface area contributed by atoms with Gasteiger partial charge in [0.15, 0.2) is 5.76 Å². The van der Waals surface area contributed by atoms with Crippen molar-refractivity contribution in [2.45, 2.75) is 19.9 Å². The van der Waals surface area contributed by atoms with E-state index in [2.05, 4.69) is 5.32 Å². The Morgan fingerprint density at radius 2 is 1.64 bits per heavy atom. The summed E-state index contributed by atoms with van der Waals surface area (Å²) in [5.74, 6) is -1.61. The molecular weight excluding hydrogens is 365 g/mol. The van der Waals surface area contributed by atoms with E-state index in [4.69, 9.17) is 4.42 Å². The number of halogens is 1. The van der Waals surface area contributed by atoms with Crippen LogP contribution in [-0.2, 0) is 9.59 Å². The Hall–Kier alpha value is -3.16. The van der Waals surface area contributed by atoms with Crippen molar-refractivity contribution in [3.63, 3.8) is 0 Å². The van der Waals surface area contributed by atoms with Crippen LogP contribution in [0, 0.1) is 5.82 Å². The van der Waals surface area contributed by atoms with Crippen LogP contribution in [0.3, 0.4) is 0 Å². The largest absolute Gasteiger partial charge is 0.451 e. The van der Waals surface area contributed by atoms with E-state index >= 15 is 0 Å². The molecule has 1 aromatic carbocycles. The van der Waals surface area contributed by atoms with Gasteiger partial charge in [-0.2, -0.15) is 0 Å². The maximum absolute atomic E-state index is 13.9. The van der Waals surface area contributed by atoms with Crippen LogP contribution in [-0.4, -0.2) is 59.7 Å². The van der Waals surface area contributed by atoms with E-state index < -0.39 is 17.6 Å². The monoisotopic (exact) mass is 387 g/mol. The Labute approximate surface area is 162 Å². The van der Waals surface area contributed by atoms with Crippen molar-refractivity contribution in [3.05, 3.63) is 48.0 Å². The van der Waals surface area contributed by atoms with E-state index in [1.165, 1.54) is 17.0 Å². The molecule has 8 heteroatoms. The Morgan fingerprint density at radius 1 is 1.00 bits per heavy atom. The van der Waals surface area contributed by atoms with Crippen molar-refractivity contribution in [2.75, 3.05) is 26.2 Å². The molecule has 0 bridgehead atoms. The van der Waals surface area contributed by atoms with Crippen molar-refractivity contribution < 1.29 is 23.2 Å². The van der Waals surface area contributed by atoms with Crippen molar-refractivity contribution in [1.82, 2.24) is 15.1 Å². The van der Waals surface area contributed by atoms with E-state index in [1.54, 1.807) is 43.0 Å². The number of rotatable bonds is 3. The Bertz CT molecular complexity index is 885. The first-order valence-corrected chi connectivity index (χ1v) is 9.10. The van der Waals surface area contributed by atoms with Gasteiger partial charge in [-0.05, 0) is 38.1 Å². The van der Waals surface area contributed by atoms with Gasteiger partial charge in [0, 0.05) is 32.2 Å². The molecule has 7 nitrogen and oxygen atoms in total. The summed E-state index contributed by atoms with van der Waals surface area (Å²) >= 11 is 0. The molecule has 0 spiro atoms. The van der Waals surface area contributed by atoms with Crippen LogP contribution in [0.25, 0.3) is 11.3 Å². The SMILES string of the molecule is CC(C)NC(=O)C(=O)N1CCN(C(=O)c2ccc(-c3ccccc3F)o2)CC1. The third kappa shape index (κ3) is 4.21. The van der Waals surface area contributed by atoms with Crippen LogP contribution in [0.5, 0.6) is 0 Å². The molecule has 148 valence electrons. The van der Waals surface area contributed by atoms with E-state index in [-0.39, 0.29) is 55.2 Å². The number of carbonyl (C=O) groups excluding carboxylic acids is 3. The van der Waals surface area contributed by atoms with Crippen molar-refractivity contribution in [1.29, 1.82) is 0 Å². The highest BCUT2D eigenvalue weighted by Gasteiger charge is 2.29. The number of carbonyl (C=O) groups is 3. The van der Waals surface area contributed by atoms with Crippen molar-refractivity contribution in [2.24, 2.45) is 0 Å². The second-order valence-electron chi connectivity index (χ2n) is 6.86. The maximum atomic E-state index is 13.9. The molecule has 1 aliphatic heterocycles. The predicted octanol–water partition coefficient (Wildman–Crippen LogP) is 1.89. The molecule has 0 unspecified atom stereocenters. The molecule has 1 aromatic heterocycles. The third-order valence-electron chi connectivity index (χ3n) is 4.42. The number of amides is 3. The van der Waals surface area contributed by atoms with Gasteiger partial charge in [0.1, 0.15) is 11.6 Å². The number of piperazine rings is 1. The van der Waals surface area contributed by atoms with E-state index in [0.717, 1.165) is 0 Å². The van der Waals surface area contributed by atoms with Crippen LogP contribution in [0.2, 0.25) is 0 Å². The smallest absolute Gasteiger partial charge is 0.312 e. The van der Waals surface area contributed by atoms with Gasteiger partial charge in [0.25, 0.3) is 5.91 Å². The Balaban J connectivity index is 1.61. The van der Waals surface area contributed by atoms with E-state index in [9.17, 15) is 18.8 Å². The summed E-state index contributed by atoms with van der Waals surface area (Å²) in [6.07, 6.45) is 0. The number of hydrogen-bond donors (Lipinski definition) is 1. The van der Waals surface area contributed by atoms with Gasteiger partial charge >= 0.3 is 11.8 Å². The molecule has 2 aromatic rings. The average molecular weight is 387 g/mol. The lowest BCUT2D eigenvalue weighted by Crippen LogP contribution is -2.54. The summed E-state index contributed by atoms with van der Waals surface area (Å²) in [5.41, 5.74) is 0.285. The number of nitrogens with zero attached hydrogens (tertiary/aromatic N) is 2. The maximum Gasteiger partial charge on any atom is 0.312 e. The number of furan rings is 1. The van der Waals surface area contributed by atoms with Gasteiger partial charge in [-0.15, -0.1) is 0 Å². The van der Waals surface area contributed by atoms with Crippen molar-refractivity contribution >= 4 is 17.7 Å². The molecule has 28 heavy (non-hydrogen) atoms. The molecule has 1 saturated heterocycles. The number of hydrogen-bond acceptors (Lipinski definition) is 4. The molecule has 1 aliphatic rings. The van der Waals surface area contributed by atoms with Gasteiger partial charge in [-0.1, -0.05) is 12.1 Å². The quantitative estimate of drug-likeness (QED) is 0.816. The zero-order chi connectivity index (χ0) is 20.3. The van der Waals surface area contributed by atoms with Crippen LogP contribution < -0.4 is 5.32 Å². The summed E-state index contributed by atoms with van der Waals surface area (Å²) < 4.78 is 19.4. The summed E-state index contributed by atoms with van der Waals surface area (Å²) in [4.78, 5) is 39.6. The van der Waals surface area contributed by atoms with Crippen molar-refractivity contribution in [3.8, 4) is 11.3 Å². The average Bonchev–Trinajstić information content (AvgIpc) is 3.16. The molecule has 1 fully saturated rings. The highest BCUT2D eigenvalue weighted by atomic mass is 19.1. The van der Waals surface area contributed by atoms with E-state index in [1.807, 2.05) is 0 Å².